The Morgan fingerprint density at radius 3 is 2.68 bits per heavy atom. The van der Waals surface area contributed by atoms with Crippen molar-refractivity contribution >= 4 is 17.8 Å². The maximum absolute atomic E-state index is 13.3. The van der Waals surface area contributed by atoms with Crippen molar-refractivity contribution in [1.82, 2.24) is 0 Å². The number of halogens is 3. The van der Waals surface area contributed by atoms with Crippen molar-refractivity contribution in [2.45, 2.75) is 6.61 Å². The predicted molar refractivity (Wildman–Crippen MR) is 70.2 cm³/mol. The number of hydrogen-bond donors (Lipinski definition) is 0. The van der Waals surface area contributed by atoms with Crippen LogP contribution < -0.4 is 0 Å². The van der Waals surface area contributed by atoms with Crippen molar-refractivity contribution < 1.29 is 13.6 Å². The highest BCUT2D eigenvalue weighted by atomic mass is 35.5. The molecule has 0 amide bonds. The Labute approximate surface area is 114 Å². The number of benzene rings is 2. The van der Waals surface area contributed by atoms with Crippen molar-refractivity contribution in [1.29, 1.82) is 0 Å². The molecular weight excluding hydrogens is 272 g/mol. The number of hydrogen-bond acceptors (Lipinski definition) is 2. The average Bonchev–Trinajstić information content (AvgIpc) is 2.41. The van der Waals surface area contributed by atoms with E-state index in [9.17, 15) is 8.78 Å². The van der Waals surface area contributed by atoms with Crippen LogP contribution in [-0.4, -0.2) is 6.21 Å². The molecule has 19 heavy (non-hydrogen) atoms. The molecule has 0 N–H and O–H groups in total. The summed E-state index contributed by atoms with van der Waals surface area (Å²) in [7, 11) is 0. The Bertz CT molecular complexity index is 602. The summed E-state index contributed by atoms with van der Waals surface area (Å²) in [6, 6.07) is 11.0. The molecule has 0 saturated carbocycles. The van der Waals surface area contributed by atoms with E-state index >= 15 is 0 Å². The Morgan fingerprint density at radius 1 is 1.11 bits per heavy atom. The lowest BCUT2D eigenvalue weighted by atomic mass is 10.2. The van der Waals surface area contributed by atoms with E-state index in [4.69, 9.17) is 16.4 Å². The van der Waals surface area contributed by atoms with Crippen LogP contribution in [0.25, 0.3) is 0 Å². The maximum Gasteiger partial charge on any atom is 0.165 e. The van der Waals surface area contributed by atoms with E-state index in [0.29, 0.717) is 10.6 Å². The van der Waals surface area contributed by atoms with Gasteiger partial charge >= 0.3 is 0 Å². The molecule has 5 heteroatoms. The molecule has 0 heterocycles. The van der Waals surface area contributed by atoms with E-state index in [1.165, 1.54) is 18.3 Å². The average molecular weight is 282 g/mol. The zero-order valence-corrected chi connectivity index (χ0v) is 10.6. The first-order valence-corrected chi connectivity index (χ1v) is 5.89. The zero-order valence-electron chi connectivity index (χ0n) is 9.82. The molecule has 2 rings (SSSR count). The second-order valence-corrected chi connectivity index (χ2v) is 4.15. The first-order valence-electron chi connectivity index (χ1n) is 5.51. The fourth-order valence-corrected chi connectivity index (χ4v) is 1.63. The Hall–Kier alpha value is -1.94. The van der Waals surface area contributed by atoms with Crippen LogP contribution in [0.4, 0.5) is 8.78 Å². The lowest BCUT2D eigenvalue weighted by Crippen LogP contribution is -1.95. The van der Waals surface area contributed by atoms with Gasteiger partial charge in [0.1, 0.15) is 6.61 Å². The second-order valence-electron chi connectivity index (χ2n) is 3.74. The quantitative estimate of drug-likeness (QED) is 0.609. The van der Waals surface area contributed by atoms with Gasteiger partial charge in [-0.1, -0.05) is 47.1 Å². The monoisotopic (exact) mass is 281 g/mol. The molecule has 0 aromatic heterocycles. The highest BCUT2D eigenvalue weighted by Gasteiger charge is 2.07. The molecule has 0 fully saturated rings. The van der Waals surface area contributed by atoms with E-state index in [1.807, 2.05) is 0 Å². The van der Waals surface area contributed by atoms with Gasteiger partial charge in [0.25, 0.3) is 0 Å². The smallest absolute Gasteiger partial charge is 0.165 e. The molecule has 98 valence electrons. The van der Waals surface area contributed by atoms with Gasteiger partial charge in [0.05, 0.1) is 6.21 Å². The van der Waals surface area contributed by atoms with Crippen molar-refractivity contribution in [3.8, 4) is 0 Å². The third-order valence-corrected chi connectivity index (χ3v) is 2.77. The molecule has 2 aromatic carbocycles. The van der Waals surface area contributed by atoms with Crippen LogP contribution in [0.1, 0.15) is 11.1 Å². The van der Waals surface area contributed by atoms with E-state index in [0.717, 1.165) is 6.07 Å². The van der Waals surface area contributed by atoms with Crippen LogP contribution in [0.3, 0.4) is 0 Å². The molecular formula is C14H10ClF2NO. The van der Waals surface area contributed by atoms with Gasteiger partial charge in [-0.15, -0.1) is 0 Å². The summed E-state index contributed by atoms with van der Waals surface area (Å²) in [4.78, 5) is 4.92. The molecule has 0 aliphatic rings. The predicted octanol–water partition coefficient (Wildman–Crippen LogP) is 4.17. The van der Waals surface area contributed by atoms with E-state index in [-0.39, 0.29) is 12.2 Å². The normalized spacial score (nSPS) is 10.9. The minimum absolute atomic E-state index is 0.108. The summed E-state index contributed by atoms with van der Waals surface area (Å²) in [6.45, 7) is -0.148. The molecule has 0 unspecified atom stereocenters. The van der Waals surface area contributed by atoms with Crippen molar-refractivity contribution in [2.75, 3.05) is 0 Å². The summed E-state index contributed by atoms with van der Waals surface area (Å²) in [5.74, 6) is -1.83. The van der Waals surface area contributed by atoms with Gasteiger partial charge in [-0.05, 0) is 12.1 Å². The molecule has 0 saturated heterocycles. The first-order chi connectivity index (χ1) is 9.18. The van der Waals surface area contributed by atoms with E-state index in [2.05, 4.69) is 5.16 Å². The number of rotatable bonds is 4. The molecule has 0 aliphatic carbocycles. The molecule has 0 bridgehead atoms. The summed E-state index contributed by atoms with van der Waals surface area (Å²) < 4.78 is 26.2. The van der Waals surface area contributed by atoms with Crippen LogP contribution in [0.5, 0.6) is 0 Å². The van der Waals surface area contributed by atoms with Gasteiger partial charge in [-0.2, -0.15) is 0 Å². The van der Waals surface area contributed by atoms with E-state index < -0.39 is 11.6 Å². The molecule has 0 aliphatic heterocycles. The standard InChI is InChI=1S/C14H10ClF2NO/c15-12-6-2-1-4-10(12)8-18-19-9-11-5-3-7-13(16)14(11)17/h1-8H,9H2. The largest absolute Gasteiger partial charge is 0.391 e. The fourth-order valence-electron chi connectivity index (χ4n) is 1.44. The van der Waals surface area contributed by atoms with Gasteiger partial charge < -0.3 is 4.84 Å². The van der Waals surface area contributed by atoms with Gasteiger partial charge in [-0.3, -0.25) is 0 Å². The van der Waals surface area contributed by atoms with Crippen LogP contribution in [-0.2, 0) is 11.4 Å². The zero-order chi connectivity index (χ0) is 13.7. The van der Waals surface area contributed by atoms with Crippen molar-refractivity contribution in [3.05, 3.63) is 70.2 Å². The highest BCUT2D eigenvalue weighted by Crippen LogP contribution is 2.14. The van der Waals surface area contributed by atoms with Gasteiger partial charge in [-0.25, -0.2) is 8.78 Å². The van der Waals surface area contributed by atoms with Gasteiger partial charge in [0.2, 0.25) is 0 Å². The first kappa shape index (κ1) is 13.5. The van der Waals surface area contributed by atoms with Gasteiger partial charge in [0, 0.05) is 16.1 Å². The summed E-state index contributed by atoms with van der Waals surface area (Å²) in [5.41, 5.74) is 0.792. The maximum atomic E-state index is 13.3. The van der Waals surface area contributed by atoms with Crippen LogP contribution >= 0.6 is 11.6 Å². The lowest BCUT2D eigenvalue weighted by molar-refractivity contribution is 0.129. The van der Waals surface area contributed by atoms with Crippen LogP contribution in [0, 0.1) is 11.6 Å². The van der Waals surface area contributed by atoms with Gasteiger partial charge in [0.15, 0.2) is 11.6 Å². The number of nitrogens with zero attached hydrogens (tertiary/aromatic N) is 1. The lowest BCUT2D eigenvalue weighted by Gasteiger charge is -2.02. The Kier molecular flexibility index (Phi) is 4.47. The summed E-state index contributed by atoms with van der Waals surface area (Å²) >= 11 is 5.91. The molecule has 0 atom stereocenters. The minimum atomic E-state index is -0.921. The van der Waals surface area contributed by atoms with Crippen molar-refractivity contribution in [3.63, 3.8) is 0 Å². The molecule has 2 aromatic rings. The Balaban J connectivity index is 1.97. The van der Waals surface area contributed by atoms with Crippen LogP contribution in [0.15, 0.2) is 47.6 Å². The topological polar surface area (TPSA) is 21.6 Å². The Morgan fingerprint density at radius 2 is 1.89 bits per heavy atom. The fraction of sp³-hybridized carbons (Fsp3) is 0.0714. The van der Waals surface area contributed by atoms with Crippen molar-refractivity contribution in [2.24, 2.45) is 5.16 Å². The minimum Gasteiger partial charge on any atom is -0.391 e. The summed E-state index contributed by atoms with van der Waals surface area (Å²) in [5, 5.41) is 4.20. The van der Waals surface area contributed by atoms with Crippen LogP contribution in [0.2, 0.25) is 5.02 Å². The second kappa shape index (κ2) is 6.29. The molecule has 0 radical (unpaired) electrons. The van der Waals surface area contributed by atoms with E-state index in [1.54, 1.807) is 24.3 Å². The number of oxime groups is 1. The molecule has 0 spiro atoms. The SMILES string of the molecule is Fc1cccc(CON=Cc2ccccc2Cl)c1F. The third kappa shape index (κ3) is 3.51. The third-order valence-electron chi connectivity index (χ3n) is 2.42. The summed E-state index contributed by atoms with van der Waals surface area (Å²) in [6.07, 6.45) is 1.42. The molecule has 2 nitrogen and oxygen atoms in total. The highest BCUT2D eigenvalue weighted by molar-refractivity contribution is 6.33.